The van der Waals surface area contributed by atoms with Crippen LogP contribution in [0.25, 0.3) is 11.5 Å². The summed E-state index contributed by atoms with van der Waals surface area (Å²) >= 11 is 5.55. The van der Waals surface area contributed by atoms with E-state index in [2.05, 4.69) is 5.32 Å². The van der Waals surface area contributed by atoms with Crippen molar-refractivity contribution in [3.63, 3.8) is 0 Å². The van der Waals surface area contributed by atoms with Gasteiger partial charge in [0.2, 0.25) is 0 Å². The average Bonchev–Trinajstić information content (AvgIpc) is 2.65. The molecule has 0 aliphatic heterocycles. The number of benzene rings is 2. The molecule has 130 valence electrons. The number of thiocarbonyl (C=S) groups is 1. The molecule has 3 nitrogen and oxygen atoms in total. The lowest BCUT2D eigenvalue weighted by atomic mass is 10.1. The lowest BCUT2D eigenvalue weighted by molar-refractivity contribution is -0.575. The first-order valence-corrected chi connectivity index (χ1v) is 8.49. The van der Waals surface area contributed by atoms with Crippen molar-refractivity contribution in [3.05, 3.63) is 96.1 Å². The molecule has 0 spiro atoms. The van der Waals surface area contributed by atoms with Crippen molar-refractivity contribution >= 4 is 34.3 Å². The highest BCUT2D eigenvalue weighted by Crippen LogP contribution is 2.19. The van der Waals surface area contributed by atoms with Crippen molar-refractivity contribution in [2.45, 2.75) is 6.92 Å². The monoisotopic (exact) mass is 365 g/mol. The number of nitrogens with one attached hydrogen (secondary N) is 1. The number of anilines is 1. The molecule has 26 heavy (non-hydrogen) atoms. The average molecular weight is 365 g/mol. The Hall–Kier alpha value is -3.05. The number of hydrogen-bond acceptors (Lipinski definition) is 2. The third-order valence-corrected chi connectivity index (χ3v) is 4.14. The molecule has 2 aromatic carbocycles. The van der Waals surface area contributed by atoms with Crippen LogP contribution in [-0.4, -0.2) is 10.1 Å². The van der Waals surface area contributed by atoms with Crippen LogP contribution in [0.15, 0.2) is 79.1 Å². The minimum atomic E-state index is -0.365. The first-order valence-electron chi connectivity index (χ1n) is 8.08. The number of rotatable bonds is 4. The molecule has 0 aliphatic carbocycles. The van der Waals surface area contributed by atoms with Crippen molar-refractivity contribution in [2.24, 2.45) is 0 Å². The van der Waals surface area contributed by atoms with Gasteiger partial charge in [-0.15, -0.1) is 0 Å². The Morgan fingerprint density at radius 3 is 2.19 bits per heavy atom. The van der Waals surface area contributed by atoms with Crippen LogP contribution in [0.5, 0.6) is 0 Å². The fourth-order valence-corrected chi connectivity index (χ4v) is 2.79. The zero-order chi connectivity index (χ0) is 18.5. The molecular formula is C21H18FN2OS+. The van der Waals surface area contributed by atoms with Gasteiger partial charge in [-0.2, -0.15) is 4.57 Å². The maximum Gasteiger partial charge on any atom is 0.288 e. The number of aliphatic hydroxyl groups is 1. The van der Waals surface area contributed by atoms with Crippen molar-refractivity contribution in [1.29, 1.82) is 0 Å². The van der Waals surface area contributed by atoms with E-state index in [0.29, 0.717) is 16.2 Å². The van der Waals surface area contributed by atoms with Gasteiger partial charge in [-0.25, -0.2) is 4.39 Å². The normalized spacial score (nSPS) is 11.6. The molecule has 0 saturated carbocycles. The van der Waals surface area contributed by atoms with Gasteiger partial charge in [0.05, 0.1) is 0 Å². The molecule has 3 aromatic rings. The summed E-state index contributed by atoms with van der Waals surface area (Å²) in [4.78, 5) is 0.354. The van der Waals surface area contributed by atoms with Gasteiger partial charge in [0.15, 0.2) is 23.1 Å². The second-order valence-electron chi connectivity index (χ2n) is 5.81. The fourth-order valence-electron chi connectivity index (χ4n) is 2.47. The number of pyridine rings is 1. The summed E-state index contributed by atoms with van der Waals surface area (Å²) in [5, 5.41) is 14.0. The molecule has 2 N–H and O–H groups in total. The molecular weight excluding hydrogens is 347 g/mol. The van der Waals surface area contributed by atoms with E-state index in [0.717, 1.165) is 11.3 Å². The van der Waals surface area contributed by atoms with E-state index >= 15 is 0 Å². The maximum atomic E-state index is 13.2. The van der Waals surface area contributed by atoms with E-state index in [1.165, 1.54) is 24.3 Å². The summed E-state index contributed by atoms with van der Waals surface area (Å²) in [6.45, 7) is 2.01. The van der Waals surface area contributed by atoms with Crippen LogP contribution in [0.1, 0.15) is 11.1 Å². The van der Waals surface area contributed by atoms with Crippen molar-refractivity contribution in [2.75, 3.05) is 5.32 Å². The zero-order valence-electron chi connectivity index (χ0n) is 14.2. The van der Waals surface area contributed by atoms with Crippen LogP contribution >= 0.6 is 12.2 Å². The van der Waals surface area contributed by atoms with Crippen molar-refractivity contribution in [3.8, 4) is 0 Å². The Balaban J connectivity index is 2.03. The smallest absolute Gasteiger partial charge is 0.288 e. The van der Waals surface area contributed by atoms with Crippen molar-refractivity contribution in [1.82, 2.24) is 0 Å². The Labute approximate surface area is 157 Å². The number of aromatic nitrogens is 1. The van der Waals surface area contributed by atoms with E-state index in [1.807, 2.05) is 49.4 Å². The Morgan fingerprint density at radius 2 is 1.58 bits per heavy atom. The van der Waals surface area contributed by atoms with Gasteiger partial charge < -0.3 is 10.4 Å². The maximum absolute atomic E-state index is 13.2. The molecule has 0 unspecified atom stereocenters. The Bertz CT molecular complexity index is 936. The quantitative estimate of drug-likeness (QED) is 0.303. The van der Waals surface area contributed by atoms with Crippen LogP contribution in [0.4, 0.5) is 10.1 Å². The number of nitrogens with zero attached hydrogens (tertiary/aromatic N) is 1. The third kappa shape index (κ3) is 4.13. The minimum absolute atomic E-state index is 0.0363. The van der Waals surface area contributed by atoms with Gasteiger partial charge in [-0.05, 0) is 43.3 Å². The highest BCUT2D eigenvalue weighted by Gasteiger charge is 2.23. The third-order valence-electron chi connectivity index (χ3n) is 3.84. The van der Waals surface area contributed by atoms with Gasteiger partial charge in [0.1, 0.15) is 5.82 Å². The highest BCUT2D eigenvalue weighted by atomic mass is 32.1. The van der Waals surface area contributed by atoms with Crippen LogP contribution in [0, 0.1) is 12.7 Å². The number of hydrogen-bond donors (Lipinski definition) is 2. The van der Waals surface area contributed by atoms with Crippen LogP contribution in [-0.2, 0) is 0 Å². The Morgan fingerprint density at radius 1 is 0.962 bits per heavy atom. The van der Waals surface area contributed by atoms with Gasteiger partial charge in [0.25, 0.3) is 5.70 Å². The molecule has 1 heterocycles. The molecule has 0 bridgehead atoms. The standard InChI is InChI=1S/C21H17FN2OS/c1-15-5-11-18(12-6-15)23-21(26)19(24-13-3-2-4-14-24)20(25)16-7-9-17(22)10-8-16/h2-14H,1H3,(H-,23,25,26)/p+1. The summed E-state index contributed by atoms with van der Waals surface area (Å²) in [5.41, 5.74) is 2.85. The first-order chi connectivity index (χ1) is 12.5. The van der Waals surface area contributed by atoms with Gasteiger partial charge in [-0.3, -0.25) is 0 Å². The summed E-state index contributed by atoms with van der Waals surface area (Å²) in [6.07, 6.45) is 3.58. The number of aliphatic hydroxyl groups excluding tert-OH is 1. The lowest BCUT2D eigenvalue weighted by Crippen LogP contribution is -2.38. The van der Waals surface area contributed by atoms with Crippen LogP contribution in [0.3, 0.4) is 0 Å². The second kappa shape index (κ2) is 7.89. The van der Waals surface area contributed by atoms with E-state index in [4.69, 9.17) is 12.2 Å². The number of halogens is 1. The van der Waals surface area contributed by atoms with E-state index in [-0.39, 0.29) is 11.6 Å². The first kappa shape index (κ1) is 17.8. The molecule has 0 amide bonds. The highest BCUT2D eigenvalue weighted by molar-refractivity contribution is 7.81. The summed E-state index contributed by atoms with van der Waals surface area (Å²) < 4.78 is 14.9. The largest absolute Gasteiger partial charge is 0.502 e. The van der Waals surface area contributed by atoms with E-state index in [1.54, 1.807) is 17.0 Å². The Kier molecular flexibility index (Phi) is 5.39. The van der Waals surface area contributed by atoms with E-state index < -0.39 is 0 Å². The molecule has 0 atom stereocenters. The minimum Gasteiger partial charge on any atom is -0.502 e. The summed E-state index contributed by atoms with van der Waals surface area (Å²) in [6, 6.07) is 19.0. The van der Waals surface area contributed by atoms with Crippen LogP contribution in [0.2, 0.25) is 0 Å². The molecule has 0 saturated heterocycles. The molecule has 3 rings (SSSR count). The zero-order valence-corrected chi connectivity index (χ0v) is 15.0. The fraction of sp³-hybridized carbons (Fsp3) is 0.0476. The molecule has 0 aliphatic rings. The summed E-state index contributed by atoms with van der Waals surface area (Å²) in [5.74, 6) is -0.401. The predicted octanol–water partition coefficient (Wildman–Crippen LogP) is 4.74. The van der Waals surface area contributed by atoms with Crippen molar-refractivity contribution < 1.29 is 14.1 Å². The van der Waals surface area contributed by atoms with Crippen LogP contribution < -0.4 is 9.88 Å². The predicted molar refractivity (Wildman–Crippen MR) is 106 cm³/mol. The van der Waals surface area contributed by atoms with Gasteiger partial charge >= 0.3 is 0 Å². The van der Waals surface area contributed by atoms with Gasteiger partial charge in [-0.1, -0.05) is 36.0 Å². The topological polar surface area (TPSA) is 36.1 Å². The molecule has 1 aromatic heterocycles. The second-order valence-corrected chi connectivity index (χ2v) is 6.22. The SMILES string of the molecule is Cc1ccc(NC(=S)/C(=C(\O)c2ccc(F)cc2)[n+]2ccccc2)cc1. The molecule has 5 heteroatoms. The molecule has 0 fully saturated rings. The summed E-state index contributed by atoms with van der Waals surface area (Å²) in [7, 11) is 0. The lowest BCUT2D eigenvalue weighted by Gasteiger charge is -2.10. The van der Waals surface area contributed by atoms with E-state index in [9.17, 15) is 9.50 Å². The number of aryl methyl sites for hydroxylation is 1. The molecule has 0 radical (unpaired) electrons. The van der Waals surface area contributed by atoms with Gasteiger partial charge in [0, 0.05) is 23.4 Å².